The summed E-state index contributed by atoms with van der Waals surface area (Å²) < 4.78 is 1.27. The zero-order valence-electron chi connectivity index (χ0n) is 14.7. The Kier molecular flexibility index (Phi) is 5.03. The average molecular weight is 373 g/mol. The Bertz CT molecular complexity index is 1120. The van der Waals surface area contributed by atoms with Crippen molar-refractivity contribution in [1.82, 2.24) is 4.57 Å². The van der Waals surface area contributed by atoms with Gasteiger partial charge >= 0.3 is 5.97 Å². The van der Waals surface area contributed by atoms with E-state index in [4.69, 9.17) is 6.57 Å². The Labute approximate surface area is 161 Å². The lowest BCUT2D eigenvalue weighted by Gasteiger charge is -2.09. The summed E-state index contributed by atoms with van der Waals surface area (Å²) in [6.07, 6.45) is 2.02. The van der Waals surface area contributed by atoms with Crippen LogP contribution in [0.4, 0.5) is 5.69 Å². The van der Waals surface area contributed by atoms with Gasteiger partial charge < -0.3 is 9.67 Å². The molecule has 0 bridgehead atoms. The van der Waals surface area contributed by atoms with Crippen LogP contribution in [0.3, 0.4) is 0 Å². The number of aromatic nitrogens is 1. The van der Waals surface area contributed by atoms with Gasteiger partial charge in [0.25, 0.3) is 0 Å². The molecule has 3 aromatic rings. The van der Waals surface area contributed by atoms with Crippen LogP contribution in [0.15, 0.2) is 53.4 Å². The molecule has 0 saturated carbocycles. The summed E-state index contributed by atoms with van der Waals surface area (Å²) >= 11 is 1.65. The Hall–Kier alpha value is -3.48. The fourth-order valence-corrected chi connectivity index (χ4v) is 3.75. The highest BCUT2D eigenvalue weighted by atomic mass is 32.2. The number of carboxylic acid groups (broad SMARTS) is 1. The number of rotatable bonds is 4. The molecule has 0 aliphatic carbocycles. The molecule has 0 unspecified atom stereocenters. The lowest BCUT2D eigenvalue weighted by atomic mass is 9.99. The van der Waals surface area contributed by atoms with Gasteiger partial charge in [0, 0.05) is 17.5 Å². The Morgan fingerprint density at radius 1 is 1.19 bits per heavy atom. The van der Waals surface area contributed by atoms with Gasteiger partial charge in [0.1, 0.15) is 17.5 Å². The first-order valence-electron chi connectivity index (χ1n) is 8.00. The summed E-state index contributed by atoms with van der Waals surface area (Å²) in [5, 5.41) is 18.9. The van der Waals surface area contributed by atoms with Gasteiger partial charge in [-0.2, -0.15) is 5.26 Å². The molecule has 6 heteroatoms. The number of hydrogen-bond acceptors (Lipinski definition) is 3. The Morgan fingerprint density at radius 2 is 1.81 bits per heavy atom. The number of carbonyl (C=O) groups is 1. The van der Waals surface area contributed by atoms with Crippen LogP contribution < -0.4 is 0 Å². The standard InChI is InChI=1S/C21H15N3O2S/c1-23-19-16(12-22)24(2)20(21(25)26)18(19)14-10-8-13(9-11-14)15-6-4-5-7-17(15)27-3/h4-11H,2-3H3,(H,25,26). The van der Waals surface area contributed by atoms with Crippen molar-refractivity contribution >= 4 is 23.4 Å². The summed E-state index contributed by atoms with van der Waals surface area (Å²) in [5.74, 6) is -1.17. The third-order valence-corrected chi connectivity index (χ3v) is 5.18. The van der Waals surface area contributed by atoms with E-state index < -0.39 is 5.97 Å². The number of thioether (sulfide) groups is 1. The van der Waals surface area contributed by atoms with E-state index in [1.54, 1.807) is 23.9 Å². The van der Waals surface area contributed by atoms with E-state index in [1.807, 2.05) is 48.7 Å². The first-order chi connectivity index (χ1) is 13.0. The molecule has 0 saturated heterocycles. The molecule has 0 aliphatic heterocycles. The van der Waals surface area contributed by atoms with Gasteiger partial charge in [-0.1, -0.05) is 42.5 Å². The normalized spacial score (nSPS) is 10.2. The zero-order chi connectivity index (χ0) is 19.6. The average Bonchev–Trinajstić information content (AvgIpc) is 2.99. The predicted octanol–water partition coefficient (Wildman–Crippen LogP) is 5.20. The van der Waals surface area contributed by atoms with E-state index in [0.717, 1.165) is 16.0 Å². The summed E-state index contributed by atoms with van der Waals surface area (Å²) in [6, 6.07) is 17.4. The minimum absolute atomic E-state index is 0.0502. The SMILES string of the molecule is [C-]#[N+]c1c(-c2ccc(-c3ccccc3SC)cc2)c(C(=O)O)n(C)c1C#N. The molecule has 132 valence electrons. The van der Waals surface area contributed by atoms with Crippen molar-refractivity contribution in [2.75, 3.05) is 6.26 Å². The molecule has 1 N–H and O–H groups in total. The molecular weight excluding hydrogens is 358 g/mol. The molecule has 0 spiro atoms. The fourth-order valence-electron chi connectivity index (χ4n) is 3.13. The molecular formula is C21H15N3O2S. The highest BCUT2D eigenvalue weighted by Gasteiger charge is 2.26. The second kappa shape index (κ2) is 7.41. The van der Waals surface area contributed by atoms with Gasteiger partial charge in [0.15, 0.2) is 0 Å². The molecule has 2 aromatic carbocycles. The third-order valence-electron chi connectivity index (χ3n) is 4.38. The fraction of sp³-hybridized carbons (Fsp3) is 0.0952. The first-order valence-corrected chi connectivity index (χ1v) is 9.23. The van der Waals surface area contributed by atoms with Crippen LogP contribution >= 0.6 is 11.8 Å². The van der Waals surface area contributed by atoms with Gasteiger partial charge in [-0.3, -0.25) is 0 Å². The molecule has 1 aromatic heterocycles. The highest BCUT2D eigenvalue weighted by Crippen LogP contribution is 2.40. The molecule has 27 heavy (non-hydrogen) atoms. The van der Waals surface area contributed by atoms with Crippen molar-refractivity contribution in [2.45, 2.75) is 4.90 Å². The van der Waals surface area contributed by atoms with Crippen molar-refractivity contribution in [1.29, 1.82) is 5.26 Å². The molecule has 0 aliphatic rings. The molecule has 3 rings (SSSR count). The van der Waals surface area contributed by atoms with Crippen LogP contribution in [0.25, 0.3) is 27.1 Å². The molecule has 1 heterocycles. The van der Waals surface area contributed by atoms with Crippen LogP contribution in [0.5, 0.6) is 0 Å². The zero-order valence-corrected chi connectivity index (χ0v) is 15.5. The van der Waals surface area contributed by atoms with Crippen LogP contribution in [-0.2, 0) is 7.05 Å². The van der Waals surface area contributed by atoms with Crippen LogP contribution in [0.1, 0.15) is 16.2 Å². The van der Waals surface area contributed by atoms with E-state index in [0.29, 0.717) is 5.56 Å². The quantitative estimate of drug-likeness (QED) is 0.504. The van der Waals surface area contributed by atoms with E-state index >= 15 is 0 Å². The largest absolute Gasteiger partial charge is 0.477 e. The van der Waals surface area contributed by atoms with Gasteiger partial charge in [-0.15, -0.1) is 11.8 Å². The highest BCUT2D eigenvalue weighted by molar-refractivity contribution is 7.98. The lowest BCUT2D eigenvalue weighted by Crippen LogP contribution is -2.07. The summed E-state index contributed by atoms with van der Waals surface area (Å²) in [6.45, 7) is 7.42. The number of nitriles is 1. The number of hydrogen-bond donors (Lipinski definition) is 1. The van der Waals surface area contributed by atoms with E-state index in [9.17, 15) is 15.2 Å². The van der Waals surface area contributed by atoms with Crippen molar-refractivity contribution < 1.29 is 9.90 Å². The van der Waals surface area contributed by atoms with Crippen molar-refractivity contribution in [3.8, 4) is 28.3 Å². The van der Waals surface area contributed by atoms with Gasteiger partial charge in [0.2, 0.25) is 5.69 Å². The second-order valence-electron chi connectivity index (χ2n) is 5.79. The summed E-state index contributed by atoms with van der Waals surface area (Å²) in [4.78, 5) is 16.3. The van der Waals surface area contributed by atoms with Gasteiger partial charge in [-0.25, -0.2) is 9.64 Å². The van der Waals surface area contributed by atoms with Crippen LogP contribution in [0.2, 0.25) is 0 Å². The topological polar surface area (TPSA) is 70.4 Å². The lowest BCUT2D eigenvalue weighted by molar-refractivity contribution is 0.0687. The van der Waals surface area contributed by atoms with Crippen molar-refractivity contribution in [3.63, 3.8) is 0 Å². The first kappa shape index (κ1) is 18.3. The second-order valence-corrected chi connectivity index (χ2v) is 6.63. The number of nitrogens with zero attached hydrogens (tertiary/aromatic N) is 3. The molecule has 0 radical (unpaired) electrons. The summed E-state index contributed by atoms with van der Waals surface area (Å²) in [5.41, 5.74) is 3.02. The molecule has 0 amide bonds. The Morgan fingerprint density at radius 3 is 2.37 bits per heavy atom. The smallest absolute Gasteiger partial charge is 0.351 e. The van der Waals surface area contributed by atoms with E-state index in [-0.39, 0.29) is 22.6 Å². The third kappa shape index (κ3) is 3.08. The minimum Gasteiger partial charge on any atom is -0.477 e. The van der Waals surface area contributed by atoms with Crippen LogP contribution in [-0.4, -0.2) is 21.9 Å². The number of aromatic carboxylic acids is 1. The van der Waals surface area contributed by atoms with E-state index in [1.165, 1.54) is 11.6 Å². The molecule has 0 atom stereocenters. The molecule has 0 fully saturated rings. The summed E-state index contributed by atoms with van der Waals surface area (Å²) in [7, 11) is 1.49. The van der Waals surface area contributed by atoms with Crippen molar-refractivity contribution in [2.24, 2.45) is 7.05 Å². The van der Waals surface area contributed by atoms with Crippen LogP contribution in [0, 0.1) is 17.9 Å². The Balaban J connectivity index is 2.18. The molecule has 5 nitrogen and oxygen atoms in total. The van der Waals surface area contributed by atoms with Gasteiger partial charge in [0.05, 0.1) is 6.57 Å². The predicted molar refractivity (Wildman–Crippen MR) is 106 cm³/mol. The van der Waals surface area contributed by atoms with Crippen molar-refractivity contribution in [3.05, 3.63) is 71.3 Å². The van der Waals surface area contributed by atoms with Gasteiger partial charge in [-0.05, 0) is 29.0 Å². The maximum Gasteiger partial charge on any atom is 0.351 e. The maximum atomic E-state index is 11.7. The monoisotopic (exact) mass is 373 g/mol. The van der Waals surface area contributed by atoms with E-state index in [2.05, 4.69) is 4.85 Å². The minimum atomic E-state index is -1.17. The maximum absolute atomic E-state index is 11.7. The number of carboxylic acids is 1. The number of benzene rings is 2.